The number of hydrogen-bond donors (Lipinski definition) is 2. The number of halogens is 1. The van der Waals surface area contributed by atoms with E-state index in [-0.39, 0.29) is 10.8 Å². The second-order valence-electron chi connectivity index (χ2n) is 8.50. The molecule has 2 fully saturated rings. The average Bonchev–Trinajstić information content (AvgIpc) is 2.80. The Hall–Kier alpha value is -2.65. The van der Waals surface area contributed by atoms with Crippen LogP contribution in [0.4, 0.5) is 15.8 Å². The maximum atomic E-state index is 13.5. The highest BCUT2D eigenvalue weighted by Gasteiger charge is 2.26. The third kappa shape index (κ3) is 5.05. The zero-order valence-electron chi connectivity index (χ0n) is 18.2. The van der Waals surface area contributed by atoms with Crippen molar-refractivity contribution >= 4 is 27.3 Å². The molecule has 0 atom stereocenters. The lowest BCUT2D eigenvalue weighted by molar-refractivity contribution is 0.0698. The van der Waals surface area contributed by atoms with Gasteiger partial charge in [-0.05, 0) is 61.2 Å². The minimum atomic E-state index is -3.91. The molecule has 2 N–H and O–H groups in total. The third-order valence-corrected chi connectivity index (χ3v) is 7.53. The van der Waals surface area contributed by atoms with Crippen molar-refractivity contribution in [1.82, 2.24) is 10.2 Å². The molecule has 9 heteroatoms. The summed E-state index contributed by atoms with van der Waals surface area (Å²) in [7, 11) is -3.91. The zero-order chi connectivity index (χ0) is 22.7. The first-order valence-corrected chi connectivity index (χ1v) is 12.5. The van der Waals surface area contributed by atoms with Crippen molar-refractivity contribution < 1.29 is 17.6 Å². The van der Waals surface area contributed by atoms with Gasteiger partial charge in [0, 0.05) is 50.6 Å². The molecule has 0 unspecified atom stereocenters. The molecule has 2 aromatic carbocycles. The normalized spacial score (nSPS) is 17.9. The fraction of sp³-hybridized carbons (Fsp3) is 0.435. The van der Waals surface area contributed by atoms with Gasteiger partial charge in [-0.25, -0.2) is 12.8 Å². The highest BCUT2D eigenvalue weighted by Crippen LogP contribution is 2.29. The van der Waals surface area contributed by atoms with E-state index in [1.54, 1.807) is 12.1 Å². The summed E-state index contributed by atoms with van der Waals surface area (Å²) in [4.78, 5) is 17.4. The molecule has 0 saturated carbocycles. The number of nitrogens with one attached hydrogen (secondary N) is 2. The van der Waals surface area contributed by atoms with Gasteiger partial charge in [0.1, 0.15) is 5.82 Å². The number of piperazine rings is 1. The number of carbonyl (C=O) groups is 1. The van der Waals surface area contributed by atoms with E-state index >= 15 is 0 Å². The summed E-state index contributed by atoms with van der Waals surface area (Å²) in [5.74, 6) is 0.0156. The van der Waals surface area contributed by atoms with Gasteiger partial charge in [-0.15, -0.1) is 0 Å². The van der Waals surface area contributed by atoms with E-state index in [0.717, 1.165) is 56.8 Å². The summed E-state index contributed by atoms with van der Waals surface area (Å²) in [5.41, 5.74) is 1.63. The molecule has 0 aliphatic carbocycles. The first-order valence-electron chi connectivity index (χ1n) is 11.0. The maximum absolute atomic E-state index is 13.5. The summed E-state index contributed by atoms with van der Waals surface area (Å²) >= 11 is 0. The molecule has 2 heterocycles. The molecule has 7 nitrogen and oxygen atoms in total. The van der Waals surface area contributed by atoms with Crippen LogP contribution in [0.5, 0.6) is 0 Å². The van der Waals surface area contributed by atoms with Crippen LogP contribution in [-0.4, -0.2) is 58.5 Å². The quantitative estimate of drug-likeness (QED) is 0.717. The molecule has 0 radical (unpaired) electrons. The lowest BCUT2D eigenvalue weighted by atomic mass is 9.98. The SMILES string of the molecule is CC1CCN(C(=O)c2cc(NS(=O)(=O)c3ccc(F)cc3)ccc2N2CCNCC2)CC1. The van der Waals surface area contributed by atoms with Gasteiger partial charge in [0.25, 0.3) is 15.9 Å². The topological polar surface area (TPSA) is 81.8 Å². The van der Waals surface area contributed by atoms with Crippen LogP contribution in [0.1, 0.15) is 30.1 Å². The molecule has 2 saturated heterocycles. The van der Waals surface area contributed by atoms with Crippen LogP contribution in [-0.2, 0) is 10.0 Å². The largest absolute Gasteiger partial charge is 0.368 e. The standard InChI is InChI=1S/C23H29FN4O3S/c1-17-8-12-28(13-9-17)23(29)21-16-19(4-7-22(21)27-14-10-25-11-15-27)26-32(30,31)20-5-2-18(24)3-6-20/h2-7,16-17,25-26H,8-15H2,1H3. The Balaban J connectivity index is 1.64. The average molecular weight is 461 g/mol. The van der Waals surface area contributed by atoms with E-state index in [1.165, 1.54) is 12.1 Å². The molecule has 0 bridgehead atoms. The Morgan fingerprint density at radius 2 is 1.69 bits per heavy atom. The molecule has 2 aliphatic rings. The molecular weight excluding hydrogens is 431 g/mol. The molecule has 1 amide bonds. The number of hydrogen-bond acceptors (Lipinski definition) is 5. The summed E-state index contributed by atoms with van der Waals surface area (Å²) in [5, 5.41) is 3.31. The van der Waals surface area contributed by atoms with Crippen LogP contribution >= 0.6 is 0 Å². The first-order chi connectivity index (χ1) is 15.3. The summed E-state index contributed by atoms with van der Waals surface area (Å²) in [6, 6.07) is 9.75. The first kappa shape index (κ1) is 22.5. The number of anilines is 2. The van der Waals surface area contributed by atoms with Crippen molar-refractivity contribution in [2.45, 2.75) is 24.7 Å². The van der Waals surface area contributed by atoms with Gasteiger partial charge < -0.3 is 15.1 Å². The third-order valence-electron chi connectivity index (χ3n) is 6.13. The van der Waals surface area contributed by atoms with Gasteiger partial charge in [-0.1, -0.05) is 6.92 Å². The lowest BCUT2D eigenvalue weighted by Crippen LogP contribution is -2.45. The van der Waals surface area contributed by atoms with Gasteiger partial charge in [0.2, 0.25) is 0 Å². The number of carbonyl (C=O) groups excluding carboxylic acids is 1. The summed E-state index contributed by atoms with van der Waals surface area (Å²) in [6.07, 6.45) is 1.93. The van der Waals surface area contributed by atoms with Crippen molar-refractivity contribution in [1.29, 1.82) is 0 Å². The second-order valence-corrected chi connectivity index (χ2v) is 10.2. The predicted octanol–water partition coefficient (Wildman–Crippen LogP) is 2.91. The van der Waals surface area contributed by atoms with Crippen LogP contribution in [0.3, 0.4) is 0 Å². The minimum absolute atomic E-state index is 0.0389. The Kier molecular flexibility index (Phi) is 6.66. The molecule has 2 aliphatic heterocycles. The van der Waals surface area contributed by atoms with Gasteiger partial charge in [-0.2, -0.15) is 0 Å². The van der Waals surface area contributed by atoms with Gasteiger partial charge >= 0.3 is 0 Å². The van der Waals surface area contributed by atoms with Gasteiger partial charge in [-0.3, -0.25) is 9.52 Å². The fourth-order valence-electron chi connectivity index (χ4n) is 4.16. The Morgan fingerprint density at radius 3 is 2.34 bits per heavy atom. The van der Waals surface area contributed by atoms with Gasteiger partial charge in [0.15, 0.2) is 0 Å². The monoisotopic (exact) mass is 460 g/mol. The Bertz CT molecular complexity index is 1060. The molecule has 0 spiro atoms. The molecule has 172 valence electrons. The van der Waals surface area contributed by atoms with Crippen molar-refractivity contribution in [2.75, 3.05) is 48.9 Å². The number of rotatable bonds is 5. The highest BCUT2D eigenvalue weighted by atomic mass is 32.2. The van der Waals surface area contributed by atoms with E-state index in [2.05, 4.69) is 21.9 Å². The van der Waals surface area contributed by atoms with Crippen LogP contribution in [0.25, 0.3) is 0 Å². The number of sulfonamides is 1. The molecule has 0 aromatic heterocycles. The summed E-state index contributed by atoms with van der Waals surface area (Å²) < 4.78 is 41.3. The predicted molar refractivity (Wildman–Crippen MR) is 123 cm³/mol. The van der Waals surface area contributed by atoms with Gasteiger partial charge in [0.05, 0.1) is 10.5 Å². The van der Waals surface area contributed by atoms with Crippen LogP contribution in [0, 0.1) is 11.7 Å². The van der Waals surface area contributed by atoms with Crippen molar-refractivity contribution in [3.05, 3.63) is 53.8 Å². The van der Waals surface area contributed by atoms with E-state index in [4.69, 9.17) is 0 Å². The summed E-state index contributed by atoms with van der Waals surface area (Å²) in [6.45, 7) is 6.80. The molecular formula is C23H29FN4O3S. The number of piperidine rings is 1. The van der Waals surface area contributed by atoms with Crippen LogP contribution < -0.4 is 14.9 Å². The van der Waals surface area contributed by atoms with Crippen LogP contribution in [0.15, 0.2) is 47.4 Å². The van der Waals surface area contributed by atoms with E-state index < -0.39 is 15.8 Å². The number of likely N-dealkylation sites (tertiary alicyclic amines) is 1. The zero-order valence-corrected chi connectivity index (χ0v) is 19.0. The molecule has 4 rings (SSSR count). The van der Waals surface area contributed by atoms with Crippen molar-refractivity contribution in [3.8, 4) is 0 Å². The van der Waals surface area contributed by atoms with E-state index in [9.17, 15) is 17.6 Å². The number of amides is 1. The van der Waals surface area contributed by atoms with E-state index in [1.807, 2.05) is 11.0 Å². The van der Waals surface area contributed by atoms with Crippen LogP contribution in [0.2, 0.25) is 0 Å². The number of benzene rings is 2. The second kappa shape index (κ2) is 9.46. The minimum Gasteiger partial charge on any atom is -0.368 e. The lowest BCUT2D eigenvalue weighted by Gasteiger charge is -2.34. The fourth-order valence-corrected chi connectivity index (χ4v) is 5.21. The van der Waals surface area contributed by atoms with Crippen molar-refractivity contribution in [3.63, 3.8) is 0 Å². The van der Waals surface area contributed by atoms with E-state index in [0.29, 0.717) is 30.3 Å². The smallest absolute Gasteiger partial charge is 0.261 e. The Labute approximate surface area is 188 Å². The molecule has 2 aromatic rings. The highest BCUT2D eigenvalue weighted by molar-refractivity contribution is 7.92. The number of nitrogens with zero attached hydrogens (tertiary/aromatic N) is 2. The van der Waals surface area contributed by atoms with Crippen molar-refractivity contribution in [2.24, 2.45) is 5.92 Å². The Morgan fingerprint density at radius 1 is 1.03 bits per heavy atom. The maximum Gasteiger partial charge on any atom is 0.261 e. The molecule has 32 heavy (non-hydrogen) atoms.